The molecule has 1 N–H and O–H groups in total. The molecule has 21 heavy (non-hydrogen) atoms. The molecule has 1 aliphatic carbocycles. The van der Waals surface area contributed by atoms with Gasteiger partial charge >= 0.3 is 0 Å². The lowest BCUT2D eigenvalue weighted by molar-refractivity contribution is -0.172. The highest BCUT2D eigenvalue weighted by atomic mass is 19.3. The molecule has 0 aromatic carbocycles. The lowest BCUT2D eigenvalue weighted by Gasteiger charge is -2.22. The number of nitrogens with one attached hydrogen (secondary N) is 1. The molecule has 1 fully saturated rings. The van der Waals surface area contributed by atoms with Crippen LogP contribution in [0.5, 0.6) is 0 Å². The van der Waals surface area contributed by atoms with Crippen molar-refractivity contribution >= 4 is 11.8 Å². The Balaban J connectivity index is 2.17. The van der Waals surface area contributed by atoms with Crippen LogP contribution in [0.15, 0.2) is 6.20 Å². The molecule has 0 radical (unpaired) electrons. The minimum Gasteiger partial charge on any atom is -0.337 e. The SMILES string of the molecule is CON(C)C(=O)C1(NC(=O)c2cn(C)nc2C(F)F)CC1. The van der Waals surface area contributed by atoms with Crippen LogP contribution in [0.3, 0.4) is 0 Å². The Morgan fingerprint density at radius 2 is 2.14 bits per heavy atom. The number of carbonyl (C=O) groups is 2. The van der Waals surface area contributed by atoms with Crippen LogP contribution in [-0.4, -0.2) is 46.4 Å². The van der Waals surface area contributed by atoms with Gasteiger partial charge in [-0.15, -0.1) is 0 Å². The number of alkyl halides is 2. The summed E-state index contributed by atoms with van der Waals surface area (Å²) in [6, 6.07) is 0. The van der Waals surface area contributed by atoms with Gasteiger partial charge < -0.3 is 5.32 Å². The van der Waals surface area contributed by atoms with Crippen LogP contribution >= 0.6 is 0 Å². The van der Waals surface area contributed by atoms with Crippen molar-refractivity contribution in [1.82, 2.24) is 20.2 Å². The largest absolute Gasteiger partial charge is 0.337 e. The minimum absolute atomic E-state index is 0.230. The van der Waals surface area contributed by atoms with Crippen LogP contribution in [0.2, 0.25) is 0 Å². The van der Waals surface area contributed by atoms with Crippen LogP contribution in [0.1, 0.15) is 35.3 Å². The average molecular weight is 302 g/mol. The third kappa shape index (κ3) is 2.87. The molecule has 9 heteroatoms. The molecule has 7 nitrogen and oxygen atoms in total. The van der Waals surface area contributed by atoms with Crippen molar-refractivity contribution < 1.29 is 23.2 Å². The van der Waals surface area contributed by atoms with E-state index in [2.05, 4.69) is 10.4 Å². The molecule has 0 saturated heterocycles. The van der Waals surface area contributed by atoms with Crippen LogP contribution in [0.25, 0.3) is 0 Å². The molecule has 1 aromatic heterocycles. The Kier molecular flexibility index (Phi) is 3.95. The maximum Gasteiger partial charge on any atom is 0.282 e. The average Bonchev–Trinajstić information content (AvgIpc) is 3.10. The van der Waals surface area contributed by atoms with Crippen molar-refractivity contribution in [3.05, 3.63) is 17.5 Å². The van der Waals surface area contributed by atoms with Crippen LogP contribution in [-0.2, 0) is 16.7 Å². The second kappa shape index (κ2) is 5.40. The number of likely N-dealkylation sites (N-methyl/N-ethyl adjacent to an activating group) is 1. The molecular weight excluding hydrogens is 286 g/mol. The zero-order valence-corrected chi connectivity index (χ0v) is 11.9. The molecule has 0 spiro atoms. The van der Waals surface area contributed by atoms with E-state index in [-0.39, 0.29) is 5.56 Å². The maximum atomic E-state index is 12.8. The number of rotatable bonds is 5. The van der Waals surface area contributed by atoms with E-state index >= 15 is 0 Å². The molecular formula is C12H16F2N4O3. The fraction of sp³-hybridized carbons (Fsp3) is 0.583. The summed E-state index contributed by atoms with van der Waals surface area (Å²) in [5, 5.41) is 7.08. The molecule has 116 valence electrons. The lowest BCUT2D eigenvalue weighted by Crippen LogP contribution is -2.49. The molecule has 0 bridgehead atoms. The highest BCUT2D eigenvalue weighted by Gasteiger charge is 2.53. The molecule has 1 heterocycles. The third-order valence-corrected chi connectivity index (χ3v) is 3.38. The number of carbonyl (C=O) groups excluding carboxylic acids is 2. The molecule has 0 atom stereocenters. The zero-order valence-electron chi connectivity index (χ0n) is 11.9. The summed E-state index contributed by atoms with van der Waals surface area (Å²) < 4.78 is 26.8. The van der Waals surface area contributed by atoms with Crippen molar-refractivity contribution in [1.29, 1.82) is 0 Å². The predicted octanol–water partition coefficient (Wildman–Crippen LogP) is 0.640. The number of amides is 2. The summed E-state index contributed by atoms with van der Waals surface area (Å²) >= 11 is 0. The summed E-state index contributed by atoms with van der Waals surface area (Å²) in [6.07, 6.45) is -0.776. The van der Waals surface area contributed by atoms with E-state index in [1.165, 1.54) is 27.4 Å². The highest BCUT2D eigenvalue weighted by molar-refractivity contribution is 6.01. The Labute approximate surface area is 119 Å². The zero-order chi connectivity index (χ0) is 15.8. The van der Waals surface area contributed by atoms with Crippen molar-refractivity contribution in [2.24, 2.45) is 7.05 Å². The van der Waals surface area contributed by atoms with Crippen LogP contribution < -0.4 is 5.32 Å². The van der Waals surface area contributed by atoms with Gasteiger partial charge in [0, 0.05) is 20.3 Å². The van der Waals surface area contributed by atoms with E-state index in [0.29, 0.717) is 12.8 Å². The van der Waals surface area contributed by atoms with E-state index < -0.39 is 29.5 Å². The van der Waals surface area contributed by atoms with E-state index in [4.69, 9.17) is 4.84 Å². The van der Waals surface area contributed by atoms with Crippen molar-refractivity contribution in [3.8, 4) is 0 Å². The molecule has 2 rings (SSSR count). The van der Waals surface area contributed by atoms with Crippen molar-refractivity contribution in [3.63, 3.8) is 0 Å². The van der Waals surface area contributed by atoms with Gasteiger partial charge in [0.25, 0.3) is 18.2 Å². The van der Waals surface area contributed by atoms with E-state index in [1.807, 2.05) is 0 Å². The van der Waals surface area contributed by atoms with Gasteiger partial charge in [-0.25, -0.2) is 13.8 Å². The van der Waals surface area contributed by atoms with Crippen LogP contribution in [0.4, 0.5) is 8.78 Å². The normalized spacial score (nSPS) is 15.9. The van der Waals surface area contributed by atoms with E-state index in [9.17, 15) is 18.4 Å². The maximum absolute atomic E-state index is 12.8. The van der Waals surface area contributed by atoms with Gasteiger partial charge in [0.1, 0.15) is 11.2 Å². The van der Waals surface area contributed by atoms with Gasteiger partial charge in [0.15, 0.2) is 0 Å². The Morgan fingerprint density at radius 3 is 2.62 bits per heavy atom. The summed E-state index contributed by atoms with van der Waals surface area (Å²) in [4.78, 5) is 29.0. The fourth-order valence-electron chi connectivity index (χ4n) is 2.03. The minimum atomic E-state index is -2.86. The topological polar surface area (TPSA) is 76.5 Å². The first kappa shape index (κ1) is 15.4. The Morgan fingerprint density at radius 1 is 1.52 bits per heavy atom. The van der Waals surface area contributed by atoms with Gasteiger partial charge in [-0.3, -0.25) is 19.1 Å². The number of hydroxylamine groups is 2. The standard InChI is InChI=1S/C12H16F2N4O3/c1-17-6-7(8(16-17)9(13)14)10(19)15-12(4-5-12)11(20)18(2)21-3/h6,9H,4-5H2,1-3H3,(H,15,19). The number of nitrogens with zero attached hydrogens (tertiary/aromatic N) is 3. The van der Waals surface area contributed by atoms with Gasteiger partial charge in [0.2, 0.25) is 0 Å². The molecule has 0 aliphatic heterocycles. The number of hydrogen-bond acceptors (Lipinski definition) is 4. The Hall–Kier alpha value is -2.03. The quantitative estimate of drug-likeness (QED) is 0.810. The third-order valence-electron chi connectivity index (χ3n) is 3.38. The van der Waals surface area contributed by atoms with E-state index in [0.717, 1.165) is 9.75 Å². The predicted molar refractivity (Wildman–Crippen MR) is 67.4 cm³/mol. The summed E-state index contributed by atoms with van der Waals surface area (Å²) in [5.74, 6) is -1.16. The number of aromatic nitrogens is 2. The Bertz CT molecular complexity index is 569. The van der Waals surface area contributed by atoms with Crippen molar-refractivity contribution in [2.75, 3.05) is 14.2 Å². The highest BCUT2D eigenvalue weighted by Crippen LogP contribution is 2.37. The van der Waals surface area contributed by atoms with Gasteiger partial charge in [0.05, 0.1) is 12.7 Å². The molecule has 1 aliphatic rings. The first-order valence-corrected chi connectivity index (χ1v) is 6.27. The summed E-state index contributed by atoms with van der Waals surface area (Å²) in [5.41, 5.74) is -1.90. The van der Waals surface area contributed by atoms with Gasteiger partial charge in [-0.1, -0.05) is 0 Å². The van der Waals surface area contributed by atoms with Crippen LogP contribution in [0, 0.1) is 0 Å². The first-order chi connectivity index (χ1) is 9.80. The second-order valence-electron chi connectivity index (χ2n) is 4.92. The monoisotopic (exact) mass is 302 g/mol. The number of halogens is 2. The molecule has 1 saturated carbocycles. The number of hydrogen-bond donors (Lipinski definition) is 1. The number of aryl methyl sites for hydroxylation is 1. The smallest absolute Gasteiger partial charge is 0.282 e. The lowest BCUT2D eigenvalue weighted by atomic mass is 10.2. The van der Waals surface area contributed by atoms with Gasteiger partial charge in [-0.2, -0.15) is 5.10 Å². The van der Waals surface area contributed by atoms with E-state index in [1.54, 1.807) is 0 Å². The molecule has 0 unspecified atom stereocenters. The van der Waals surface area contributed by atoms with Gasteiger partial charge in [-0.05, 0) is 12.8 Å². The molecule has 1 aromatic rings. The fourth-order valence-corrected chi connectivity index (χ4v) is 2.03. The second-order valence-corrected chi connectivity index (χ2v) is 4.92. The first-order valence-electron chi connectivity index (χ1n) is 6.27. The van der Waals surface area contributed by atoms with Crippen molar-refractivity contribution in [2.45, 2.75) is 24.8 Å². The summed E-state index contributed by atoms with van der Waals surface area (Å²) in [6.45, 7) is 0. The molecule has 2 amide bonds. The summed E-state index contributed by atoms with van der Waals surface area (Å²) in [7, 11) is 4.19.